The summed E-state index contributed by atoms with van der Waals surface area (Å²) in [5.74, 6) is 1.83. The minimum absolute atomic E-state index is 0. The van der Waals surface area contributed by atoms with Crippen molar-refractivity contribution in [3.05, 3.63) is 127 Å². The number of fused-ring (bicyclic) bond motifs is 1. The number of halogens is 1. The summed E-state index contributed by atoms with van der Waals surface area (Å²) in [6.07, 6.45) is 4.44. The fourth-order valence-electron chi connectivity index (χ4n) is 5.28. The number of para-hydroxylation sites is 1. The van der Waals surface area contributed by atoms with Crippen molar-refractivity contribution in [3.63, 3.8) is 0 Å². The van der Waals surface area contributed by atoms with Crippen LogP contribution in [0.4, 0.5) is 0 Å². The van der Waals surface area contributed by atoms with Crippen LogP contribution in [0.5, 0.6) is 0 Å². The van der Waals surface area contributed by atoms with Gasteiger partial charge in [0.15, 0.2) is 5.52 Å². The molecular formula is C34H33ClN4. The van der Waals surface area contributed by atoms with Gasteiger partial charge in [0.25, 0.3) is 6.33 Å². The smallest absolute Gasteiger partial charge is 0.256 e. The molecule has 0 amide bonds. The van der Waals surface area contributed by atoms with E-state index in [1.54, 1.807) is 0 Å². The van der Waals surface area contributed by atoms with Crippen molar-refractivity contribution < 1.29 is 17.0 Å². The van der Waals surface area contributed by atoms with Gasteiger partial charge in [-0.1, -0.05) is 113 Å². The molecule has 3 aromatic heterocycles. The van der Waals surface area contributed by atoms with E-state index in [-0.39, 0.29) is 12.4 Å². The van der Waals surface area contributed by atoms with Crippen LogP contribution >= 0.6 is 0 Å². The van der Waals surface area contributed by atoms with E-state index in [2.05, 4.69) is 151 Å². The third-order valence-corrected chi connectivity index (χ3v) is 7.21. The quantitative estimate of drug-likeness (QED) is 0.278. The van der Waals surface area contributed by atoms with E-state index in [9.17, 15) is 0 Å². The van der Waals surface area contributed by atoms with E-state index in [0.717, 1.165) is 33.8 Å². The molecule has 0 saturated heterocycles. The van der Waals surface area contributed by atoms with Crippen molar-refractivity contribution in [3.8, 4) is 34.0 Å². The van der Waals surface area contributed by atoms with Gasteiger partial charge in [0.05, 0.1) is 11.4 Å². The van der Waals surface area contributed by atoms with Crippen molar-refractivity contribution in [1.29, 1.82) is 0 Å². The highest BCUT2D eigenvalue weighted by molar-refractivity contribution is 5.70. The second-order valence-corrected chi connectivity index (χ2v) is 10.5. The molecule has 0 N–H and O–H groups in total. The number of rotatable bonds is 6. The molecule has 4 nitrogen and oxygen atoms in total. The average Bonchev–Trinajstić information content (AvgIpc) is 3.58. The van der Waals surface area contributed by atoms with Gasteiger partial charge in [-0.3, -0.25) is 0 Å². The fraction of sp³-hybridized carbons (Fsp3) is 0.176. The molecule has 0 spiro atoms. The standard InChI is InChI=1S/C34H33N4.ClH/c1-24(2)29-18-12-19-30(25(3)4)34(29)36-22-28-17-11-20-33(37(28)23-36)38-32(27-15-9-6-10-16-27)21-31(35-38)26-13-7-5-8-14-26;/h5-25H,1-4H3;1H/q+1;/p-1. The van der Waals surface area contributed by atoms with Gasteiger partial charge in [-0.05, 0) is 24.0 Å². The first-order valence-electron chi connectivity index (χ1n) is 13.4. The Hall–Kier alpha value is -4.15. The lowest BCUT2D eigenvalue weighted by Crippen LogP contribution is -3.00. The zero-order chi connectivity index (χ0) is 26.2. The van der Waals surface area contributed by atoms with E-state index in [0.29, 0.717) is 11.8 Å². The van der Waals surface area contributed by atoms with Gasteiger partial charge < -0.3 is 12.4 Å². The Morgan fingerprint density at radius 2 is 1.26 bits per heavy atom. The van der Waals surface area contributed by atoms with Gasteiger partial charge in [-0.15, -0.1) is 0 Å². The van der Waals surface area contributed by atoms with Gasteiger partial charge in [0.2, 0.25) is 5.82 Å². The van der Waals surface area contributed by atoms with Crippen molar-refractivity contribution in [2.45, 2.75) is 39.5 Å². The lowest BCUT2D eigenvalue weighted by molar-refractivity contribution is -0.595. The SMILES string of the molecule is CC(C)c1cccc(C(C)C)c1-[n+]1cc2cccc(-n3nc(-c4ccccc4)cc3-c3ccccc3)n2c1.[Cl-]. The first-order chi connectivity index (χ1) is 18.5. The number of imidazole rings is 1. The summed E-state index contributed by atoms with van der Waals surface area (Å²) in [7, 11) is 0. The van der Waals surface area contributed by atoms with Crippen molar-refractivity contribution in [2.75, 3.05) is 0 Å². The lowest BCUT2D eigenvalue weighted by atomic mass is 9.92. The van der Waals surface area contributed by atoms with E-state index < -0.39 is 0 Å². The first-order valence-corrected chi connectivity index (χ1v) is 13.4. The van der Waals surface area contributed by atoms with Gasteiger partial charge in [-0.2, -0.15) is 14.2 Å². The summed E-state index contributed by atoms with van der Waals surface area (Å²) in [6, 6.07) is 36.2. The number of nitrogens with zero attached hydrogens (tertiary/aromatic N) is 4. The monoisotopic (exact) mass is 532 g/mol. The van der Waals surface area contributed by atoms with Crippen molar-refractivity contribution >= 4 is 5.52 Å². The molecule has 196 valence electrons. The Morgan fingerprint density at radius 1 is 0.667 bits per heavy atom. The first kappa shape index (κ1) is 26.5. The summed E-state index contributed by atoms with van der Waals surface area (Å²) >= 11 is 0. The number of hydrogen-bond acceptors (Lipinski definition) is 1. The maximum absolute atomic E-state index is 5.14. The minimum atomic E-state index is 0. The molecule has 6 rings (SSSR count). The zero-order valence-electron chi connectivity index (χ0n) is 22.8. The molecular weight excluding hydrogens is 500 g/mol. The van der Waals surface area contributed by atoms with Crippen LogP contribution in [0, 0.1) is 0 Å². The fourth-order valence-corrected chi connectivity index (χ4v) is 5.28. The average molecular weight is 533 g/mol. The van der Waals surface area contributed by atoms with Crippen LogP contribution in [-0.4, -0.2) is 14.2 Å². The second-order valence-electron chi connectivity index (χ2n) is 10.5. The van der Waals surface area contributed by atoms with Crippen LogP contribution in [0.25, 0.3) is 39.5 Å². The summed E-state index contributed by atoms with van der Waals surface area (Å²) in [5, 5.41) is 5.14. The maximum Gasteiger partial charge on any atom is 0.256 e. The normalized spacial score (nSPS) is 11.3. The van der Waals surface area contributed by atoms with Crippen LogP contribution in [0.1, 0.15) is 50.7 Å². The van der Waals surface area contributed by atoms with E-state index in [1.165, 1.54) is 16.8 Å². The van der Waals surface area contributed by atoms with Crippen molar-refractivity contribution in [1.82, 2.24) is 14.2 Å². The Bertz CT molecular complexity index is 1690. The van der Waals surface area contributed by atoms with E-state index >= 15 is 0 Å². The van der Waals surface area contributed by atoms with Gasteiger partial charge in [0, 0.05) is 28.3 Å². The van der Waals surface area contributed by atoms with Crippen LogP contribution in [0.2, 0.25) is 0 Å². The van der Waals surface area contributed by atoms with E-state index in [4.69, 9.17) is 5.10 Å². The Labute approximate surface area is 236 Å². The predicted molar refractivity (Wildman–Crippen MR) is 155 cm³/mol. The zero-order valence-corrected chi connectivity index (χ0v) is 23.5. The van der Waals surface area contributed by atoms with Gasteiger partial charge in [0.1, 0.15) is 11.9 Å². The molecule has 0 aliphatic rings. The second kappa shape index (κ2) is 10.9. The van der Waals surface area contributed by atoms with Crippen LogP contribution in [-0.2, 0) is 0 Å². The molecule has 3 heterocycles. The molecule has 0 aliphatic carbocycles. The Morgan fingerprint density at radius 3 is 1.87 bits per heavy atom. The molecule has 0 saturated carbocycles. The molecule has 0 radical (unpaired) electrons. The molecule has 0 aliphatic heterocycles. The lowest BCUT2D eigenvalue weighted by Gasteiger charge is -2.16. The highest BCUT2D eigenvalue weighted by Gasteiger charge is 2.23. The van der Waals surface area contributed by atoms with Crippen LogP contribution in [0.15, 0.2) is 116 Å². The van der Waals surface area contributed by atoms with Gasteiger partial charge in [-0.25, -0.2) is 4.57 Å². The maximum atomic E-state index is 5.14. The molecule has 6 aromatic rings. The molecule has 3 aromatic carbocycles. The topological polar surface area (TPSA) is 26.1 Å². The summed E-state index contributed by atoms with van der Waals surface area (Å²) < 4.78 is 6.62. The number of aromatic nitrogens is 4. The highest BCUT2D eigenvalue weighted by atomic mass is 35.5. The number of benzene rings is 3. The molecule has 0 atom stereocenters. The Balaban J connectivity index is 0.00000308. The van der Waals surface area contributed by atoms with Gasteiger partial charge >= 0.3 is 0 Å². The summed E-state index contributed by atoms with van der Waals surface area (Å²) in [6.45, 7) is 9.08. The minimum Gasteiger partial charge on any atom is -1.00 e. The summed E-state index contributed by atoms with van der Waals surface area (Å²) in [5.41, 5.74) is 9.35. The largest absolute Gasteiger partial charge is 1.00 e. The highest BCUT2D eigenvalue weighted by Crippen LogP contribution is 2.30. The molecule has 5 heteroatoms. The predicted octanol–water partition coefficient (Wildman–Crippen LogP) is 4.99. The molecule has 39 heavy (non-hydrogen) atoms. The van der Waals surface area contributed by atoms with Crippen molar-refractivity contribution in [2.24, 2.45) is 0 Å². The third kappa shape index (κ3) is 4.88. The molecule has 0 unspecified atom stereocenters. The Kier molecular flexibility index (Phi) is 7.40. The molecule has 0 bridgehead atoms. The van der Waals surface area contributed by atoms with Crippen LogP contribution < -0.4 is 17.0 Å². The number of pyridine rings is 1. The third-order valence-electron chi connectivity index (χ3n) is 7.21. The number of hydrogen-bond donors (Lipinski definition) is 0. The molecule has 0 fully saturated rings. The van der Waals surface area contributed by atoms with Crippen LogP contribution in [0.3, 0.4) is 0 Å². The van der Waals surface area contributed by atoms with E-state index in [1.807, 2.05) is 6.07 Å². The summed E-state index contributed by atoms with van der Waals surface area (Å²) in [4.78, 5) is 0.